The second-order valence-electron chi connectivity index (χ2n) is 7.63. The molecule has 1 amide bonds. The summed E-state index contributed by atoms with van der Waals surface area (Å²) < 4.78 is 2.02. The topological polar surface area (TPSA) is 62.5 Å². The summed E-state index contributed by atoms with van der Waals surface area (Å²) in [5.74, 6) is -0.581. The van der Waals surface area contributed by atoms with Crippen LogP contribution in [0.15, 0.2) is 18.5 Å². The number of carbonyl (C=O) groups excluding carboxylic acids is 1. The highest BCUT2D eigenvalue weighted by Gasteiger charge is 2.47. The molecular formula is C17H24N2O3. The average Bonchev–Trinajstić information content (AvgIpc) is 3.00. The van der Waals surface area contributed by atoms with Crippen molar-refractivity contribution in [3.05, 3.63) is 24.0 Å². The first-order chi connectivity index (χ1) is 10.3. The Morgan fingerprint density at radius 2 is 1.91 bits per heavy atom. The molecule has 1 aliphatic heterocycles. The van der Waals surface area contributed by atoms with Gasteiger partial charge >= 0.3 is 5.97 Å². The minimum Gasteiger partial charge on any atom is -0.481 e. The second-order valence-corrected chi connectivity index (χ2v) is 7.63. The molecule has 5 nitrogen and oxygen atoms in total. The number of carbonyl (C=O) groups is 2. The Kier molecular flexibility index (Phi) is 3.54. The maximum Gasteiger partial charge on any atom is 0.308 e. The number of likely N-dealkylation sites (tertiary alicyclic amines) is 1. The molecule has 1 aromatic heterocycles. The van der Waals surface area contributed by atoms with Crippen molar-refractivity contribution >= 4 is 11.9 Å². The van der Waals surface area contributed by atoms with Gasteiger partial charge in [0.2, 0.25) is 0 Å². The van der Waals surface area contributed by atoms with Gasteiger partial charge in [-0.2, -0.15) is 0 Å². The van der Waals surface area contributed by atoms with Crippen LogP contribution in [0.1, 0.15) is 44.0 Å². The lowest BCUT2D eigenvalue weighted by Crippen LogP contribution is -2.30. The summed E-state index contributed by atoms with van der Waals surface area (Å²) in [6, 6.07) is 1.83. The lowest BCUT2D eigenvalue weighted by Gasteiger charge is -2.21. The Hall–Kier alpha value is -1.78. The molecule has 2 unspecified atom stereocenters. The summed E-state index contributed by atoms with van der Waals surface area (Å²) in [7, 11) is 0. The van der Waals surface area contributed by atoms with Crippen LogP contribution < -0.4 is 0 Å². The molecule has 2 fully saturated rings. The van der Waals surface area contributed by atoms with E-state index in [1.165, 1.54) is 0 Å². The molecule has 3 rings (SSSR count). The maximum atomic E-state index is 12.7. The number of amides is 1. The number of aliphatic carboxylic acids is 1. The minimum absolute atomic E-state index is 0.0441. The fourth-order valence-electron chi connectivity index (χ4n) is 3.38. The Balaban J connectivity index is 1.75. The van der Waals surface area contributed by atoms with Gasteiger partial charge in [0.25, 0.3) is 5.91 Å². The third kappa shape index (κ3) is 2.76. The molecule has 5 heteroatoms. The zero-order valence-electron chi connectivity index (χ0n) is 13.5. The van der Waals surface area contributed by atoms with Crippen LogP contribution >= 0.6 is 0 Å². The molecule has 0 aromatic carbocycles. The molecule has 0 radical (unpaired) electrons. The number of carboxylic acids is 1. The van der Waals surface area contributed by atoms with E-state index in [1.54, 1.807) is 4.90 Å². The zero-order chi connectivity index (χ0) is 16.1. The van der Waals surface area contributed by atoms with Gasteiger partial charge in [0.1, 0.15) is 0 Å². The maximum absolute atomic E-state index is 12.7. The van der Waals surface area contributed by atoms with Crippen LogP contribution in [0, 0.1) is 17.8 Å². The van der Waals surface area contributed by atoms with E-state index in [1.807, 2.05) is 23.0 Å². The standard InChI is InChI=1S/C17H24N2O3/c1-17(2,3)19-7-6-12(8-19)15(20)18-9-13(11-4-5-11)14(10-18)16(21)22/h6-8,11,13-14H,4-5,9-10H2,1-3H3,(H,21,22). The molecule has 1 aromatic rings. The molecule has 120 valence electrons. The number of rotatable bonds is 3. The van der Waals surface area contributed by atoms with Crippen molar-refractivity contribution in [3.63, 3.8) is 0 Å². The first-order valence-corrected chi connectivity index (χ1v) is 7.98. The highest BCUT2D eigenvalue weighted by atomic mass is 16.4. The van der Waals surface area contributed by atoms with E-state index >= 15 is 0 Å². The first kappa shape index (κ1) is 15.1. The van der Waals surface area contributed by atoms with Gasteiger partial charge in [0.05, 0.1) is 11.5 Å². The van der Waals surface area contributed by atoms with Crippen LogP contribution in [-0.2, 0) is 10.3 Å². The zero-order valence-corrected chi connectivity index (χ0v) is 13.5. The van der Waals surface area contributed by atoms with Crippen LogP contribution in [-0.4, -0.2) is 39.5 Å². The molecular weight excluding hydrogens is 280 g/mol. The largest absolute Gasteiger partial charge is 0.481 e. The van der Waals surface area contributed by atoms with Gasteiger partial charge in [-0.25, -0.2) is 0 Å². The predicted molar refractivity (Wildman–Crippen MR) is 82.7 cm³/mol. The Morgan fingerprint density at radius 3 is 2.41 bits per heavy atom. The van der Waals surface area contributed by atoms with Gasteiger partial charge in [-0.05, 0) is 51.5 Å². The summed E-state index contributed by atoms with van der Waals surface area (Å²) in [6.45, 7) is 7.18. The highest BCUT2D eigenvalue weighted by molar-refractivity contribution is 5.94. The summed E-state index contributed by atoms with van der Waals surface area (Å²) >= 11 is 0. The van der Waals surface area contributed by atoms with Crippen LogP contribution in [0.3, 0.4) is 0 Å². The van der Waals surface area contributed by atoms with Crippen molar-refractivity contribution in [1.82, 2.24) is 9.47 Å². The van der Waals surface area contributed by atoms with Crippen molar-refractivity contribution in [1.29, 1.82) is 0 Å². The minimum atomic E-state index is -0.764. The summed E-state index contributed by atoms with van der Waals surface area (Å²) in [4.78, 5) is 25.8. The van der Waals surface area contributed by atoms with Crippen molar-refractivity contribution in [3.8, 4) is 0 Å². The lowest BCUT2D eigenvalue weighted by atomic mass is 9.92. The first-order valence-electron chi connectivity index (χ1n) is 7.98. The monoisotopic (exact) mass is 304 g/mol. The van der Waals surface area contributed by atoms with Crippen LogP contribution in [0.25, 0.3) is 0 Å². The van der Waals surface area contributed by atoms with Gasteiger partial charge in [-0.15, -0.1) is 0 Å². The fraction of sp³-hybridized carbons (Fsp3) is 0.647. The summed E-state index contributed by atoms with van der Waals surface area (Å²) in [5.41, 5.74) is 0.583. The van der Waals surface area contributed by atoms with E-state index in [4.69, 9.17) is 0 Å². The Bertz CT molecular complexity index is 595. The molecule has 2 heterocycles. The number of nitrogens with zero attached hydrogens (tertiary/aromatic N) is 2. The smallest absolute Gasteiger partial charge is 0.308 e. The van der Waals surface area contributed by atoms with Crippen LogP contribution in [0.2, 0.25) is 0 Å². The summed E-state index contributed by atoms with van der Waals surface area (Å²) in [6.07, 6.45) is 5.99. The third-order valence-corrected chi connectivity index (χ3v) is 4.91. The van der Waals surface area contributed by atoms with Gasteiger partial charge in [0, 0.05) is 31.0 Å². The van der Waals surface area contributed by atoms with Crippen LogP contribution in [0.4, 0.5) is 0 Å². The SMILES string of the molecule is CC(C)(C)n1ccc(C(=O)N2CC(C(=O)O)C(C3CC3)C2)c1. The molecule has 1 saturated carbocycles. The van der Waals surface area contributed by atoms with Crippen molar-refractivity contribution < 1.29 is 14.7 Å². The Labute approximate surface area is 130 Å². The number of hydrogen-bond donors (Lipinski definition) is 1. The van der Waals surface area contributed by atoms with E-state index in [-0.39, 0.29) is 17.4 Å². The predicted octanol–water partition coefficient (Wildman–Crippen LogP) is 2.43. The number of carboxylic acid groups (broad SMARTS) is 1. The molecule has 1 saturated heterocycles. The number of aromatic nitrogens is 1. The molecule has 2 atom stereocenters. The quantitative estimate of drug-likeness (QED) is 0.933. The van der Waals surface area contributed by atoms with Gasteiger partial charge < -0.3 is 14.6 Å². The third-order valence-electron chi connectivity index (χ3n) is 4.91. The number of hydrogen-bond acceptors (Lipinski definition) is 2. The normalized spacial score (nSPS) is 25.5. The average molecular weight is 304 g/mol. The van der Waals surface area contributed by atoms with E-state index < -0.39 is 11.9 Å². The van der Waals surface area contributed by atoms with Crippen molar-refractivity contribution in [2.24, 2.45) is 17.8 Å². The van der Waals surface area contributed by atoms with E-state index in [0.29, 0.717) is 24.6 Å². The van der Waals surface area contributed by atoms with Gasteiger partial charge in [-0.1, -0.05) is 0 Å². The fourth-order valence-corrected chi connectivity index (χ4v) is 3.38. The van der Waals surface area contributed by atoms with E-state index in [2.05, 4.69) is 20.8 Å². The highest BCUT2D eigenvalue weighted by Crippen LogP contribution is 2.44. The molecule has 2 aliphatic rings. The molecule has 22 heavy (non-hydrogen) atoms. The van der Waals surface area contributed by atoms with E-state index in [9.17, 15) is 14.7 Å². The second kappa shape index (κ2) is 5.14. The lowest BCUT2D eigenvalue weighted by molar-refractivity contribution is -0.142. The van der Waals surface area contributed by atoms with Crippen molar-refractivity contribution in [2.45, 2.75) is 39.2 Å². The molecule has 0 spiro atoms. The van der Waals surface area contributed by atoms with Gasteiger partial charge in [0.15, 0.2) is 0 Å². The summed E-state index contributed by atoms with van der Waals surface area (Å²) in [5, 5.41) is 9.40. The Morgan fingerprint density at radius 1 is 1.23 bits per heavy atom. The van der Waals surface area contributed by atoms with E-state index in [0.717, 1.165) is 12.8 Å². The molecule has 1 aliphatic carbocycles. The molecule has 1 N–H and O–H groups in total. The van der Waals surface area contributed by atoms with Crippen LogP contribution in [0.5, 0.6) is 0 Å². The molecule has 0 bridgehead atoms. The van der Waals surface area contributed by atoms with Gasteiger partial charge in [-0.3, -0.25) is 9.59 Å². The van der Waals surface area contributed by atoms with Crippen molar-refractivity contribution in [2.75, 3.05) is 13.1 Å².